The van der Waals surface area contributed by atoms with Crippen LogP contribution in [0.5, 0.6) is 5.75 Å². The van der Waals surface area contributed by atoms with Crippen molar-refractivity contribution in [2.24, 2.45) is 0 Å². The SMILES string of the molecule is COc1c(C(F)F)ncc(I)c1CBr. The smallest absolute Gasteiger partial charge is 0.284 e. The van der Waals surface area contributed by atoms with E-state index in [-0.39, 0.29) is 11.4 Å². The summed E-state index contributed by atoms with van der Waals surface area (Å²) >= 11 is 5.26. The summed E-state index contributed by atoms with van der Waals surface area (Å²) in [4.78, 5) is 3.65. The molecule has 0 aliphatic heterocycles. The summed E-state index contributed by atoms with van der Waals surface area (Å²) < 4.78 is 30.7. The molecule has 14 heavy (non-hydrogen) atoms. The molecular formula is C8H7BrF2INO. The summed E-state index contributed by atoms with van der Waals surface area (Å²) in [6.45, 7) is 0. The van der Waals surface area contributed by atoms with Gasteiger partial charge >= 0.3 is 0 Å². The Balaban J connectivity index is 3.33. The molecule has 0 fully saturated rings. The molecule has 0 atom stereocenters. The Bertz CT molecular complexity index is 335. The van der Waals surface area contributed by atoms with Gasteiger partial charge in [-0.25, -0.2) is 8.78 Å². The highest BCUT2D eigenvalue weighted by Crippen LogP contribution is 2.33. The summed E-state index contributed by atoms with van der Waals surface area (Å²) in [6, 6.07) is 0. The van der Waals surface area contributed by atoms with E-state index in [1.54, 1.807) is 0 Å². The third kappa shape index (κ3) is 2.33. The molecule has 0 radical (unpaired) electrons. The van der Waals surface area contributed by atoms with E-state index in [9.17, 15) is 8.78 Å². The maximum Gasteiger partial charge on any atom is 0.284 e. The number of methoxy groups -OCH3 is 1. The standard InChI is InChI=1S/C8H7BrF2INO/c1-14-7-4(2-9)5(12)3-13-6(7)8(10)11/h3,8H,2H2,1H3. The van der Waals surface area contributed by atoms with Crippen LogP contribution in [0.1, 0.15) is 17.7 Å². The van der Waals surface area contributed by atoms with E-state index < -0.39 is 6.43 Å². The second-order valence-corrected chi connectivity index (χ2v) is 4.16. The van der Waals surface area contributed by atoms with Gasteiger partial charge in [-0.05, 0) is 22.6 Å². The molecule has 0 aliphatic carbocycles. The third-order valence-corrected chi connectivity index (χ3v) is 3.15. The predicted octanol–water partition coefficient (Wildman–Crippen LogP) is 3.53. The molecule has 0 N–H and O–H groups in total. The fourth-order valence-electron chi connectivity index (χ4n) is 1.03. The van der Waals surface area contributed by atoms with Crippen molar-refractivity contribution in [2.45, 2.75) is 11.8 Å². The first kappa shape index (κ1) is 12.1. The van der Waals surface area contributed by atoms with Gasteiger partial charge in [0, 0.05) is 20.7 Å². The van der Waals surface area contributed by atoms with Crippen molar-refractivity contribution in [1.29, 1.82) is 0 Å². The minimum absolute atomic E-state index is 0.170. The molecule has 0 bridgehead atoms. The number of rotatable bonds is 3. The molecule has 0 aliphatic rings. The Hall–Kier alpha value is 0.0200. The van der Waals surface area contributed by atoms with Gasteiger partial charge in [-0.2, -0.15) is 0 Å². The second-order valence-electron chi connectivity index (χ2n) is 2.44. The Morgan fingerprint density at radius 3 is 2.71 bits per heavy atom. The molecule has 1 aromatic rings. The Morgan fingerprint density at radius 2 is 2.29 bits per heavy atom. The first-order valence-electron chi connectivity index (χ1n) is 3.67. The number of ether oxygens (including phenoxy) is 1. The lowest BCUT2D eigenvalue weighted by molar-refractivity contribution is 0.141. The van der Waals surface area contributed by atoms with E-state index in [0.29, 0.717) is 10.9 Å². The lowest BCUT2D eigenvalue weighted by Crippen LogP contribution is -2.01. The summed E-state index contributed by atoms with van der Waals surface area (Å²) in [5.74, 6) is 0.170. The van der Waals surface area contributed by atoms with Gasteiger partial charge in [-0.3, -0.25) is 4.98 Å². The Labute approximate surface area is 102 Å². The maximum atomic E-state index is 12.5. The zero-order valence-electron chi connectivity index (χ0n) is 7.23. The van der Waals surface area contributed by atoms with E-state index in [2.05, 4.69) is 20.9 Å². The largest absolute Gasteiger partial charge is 0.494 e. The van der Waals surface area contributed by atoms with Gasteiger partial charge in [0.2, 0.25) is 0 Å². The quantitative estimate of drug-likeness (QED) is 0.594. The summed E-state index contributed by atoms with van der Waals surface area (Å²) in [5.41, 5.74) is 0.403. The van der Waals surface area contributed by atoms with Crippen molar-refractivity contribution in [3.8, 4) is 5.75 Å². The van der Waals surface area contributed by atoms with Gasteiger partial charge in [0.05, 0.1) is 7.11 Å². The van der Waals surface area contributed by atoms with Gasteiger partial charge in [-0.15, -0.1) is 0 Å². The van der Waals surface area contributed by atoms with E-state index in [4.69, 9.17) is 4.74 Å². The zero-order valence-corrected chi connectivity index (χ0v) is 11.0. The predicted molar refractivity (Wildman–Crippen MR) is 61.1 cm³/mol. The molecule has 0 spiro atoms. The first-order chi connectivity index (χ1) is 6.61. The van der Waals surface area contributed by atoms with Crippen LogP contribution in [0.25, 0.3) is 0 Å². The van der Waals surface area contributed by atoms with Crippen LogP contribution < -0.4 is 4.74 Å². The zero-order chi connectivity index (χ0) is 10.7. The maximum absolute atomic E-state index is 12.5. The molecule has 1 heterocycles. The fourth-order valence-corrected chi connectivity index (χ4v) is 2.69. The van der Waals surface area contributed by atoms with Gasteiger partial charge in [0.25, 0.3) is 6.43 Å². The number of hydrogen-bond acceptors (Lipinski definition) is 2. The van der Waals surface area contributed by atoms with Gasteiger partial charge in [0.1, 0.15) is 5.69 Å². The van der Waals surface area contributed by atoms with Crippen LogP contribution in [-0.2, 0) is 5.33 Å². The summed E-state index contributed by atoms with van der Waals surface area (Å²) in [7, 11) is 1.37. The van der Waals surface area contributed by atoms with Crippen molar-refractivity contribution >= 4 is 38.5 Å². The Morgan fingerprint density at radius 1 is 1.64 bits per heavy atom. The number of aromatic nitrogens is 1. The van der Waals surface area contributed by atoms with Crippen LogP contribution in [0.15, 0.2) is 6.20 Å². The minimum Gasteiger partial charge on any atom is -0.494 e. The molecule has 1 aromatic heterocycles. The second kappa shape index (κ2) is 5.20. The highest BCUT2D eigenvalue weighted by atomic mass is 127. The molecule has 6 heteroatoms. The molecule has 0 amide bonds. The highest BCUT2D eigenvalue weighted by molar-refractivity contribution is 14.1. The van der Waals surface area contributed by atoms with E-state index >= 15 is 0 Å². The number of pyridine rings is 1. The van der Waals surface area contributed by atoms with E-state index in [0.717, 1.165) is 3.57 Å². The summed E-state index contributed by atoms with van der Waals surface area (Å²) in [5, 5.41) is 0.469. The van der Waals surface area contributed by atoms with Crippen LogP contribution in [0, 0.1) is 3.57 Å². The minimum atomic E-state index is -2.61. The van der Waals surface area contributed by atoms with E-state index in [1.807, 2.05) is 22.6 Å². The van der Waals surface area contributed by atoms with Crippen LogP contribution in [0.3, 0.4) is 0 Å². The molecule has 78 valence electrons. The monoisotopic (exact) mass is 377 g/mol. The fraction of sp³-hybridized carbons (Fsp3) is 0.375. The van der Waals surface area contributed by atoms with Crippen LogP contribution in [0.2, 0.25) is 0 Å². The normalized spacial score (nSPS) is 10.7. The van der Waals surface area contributed by atoms with Crippen molar-refractivity contribution in [3.63, 3.8) is 0 Å². The molecule has 2 nitrogen and oxygen atoms in total. The summed E-state index contributed by atoms with van der Waals surface area (Å²) in [6.07, 6.45) is -1.19. The average molecular weight is 378 g/mol. The molecular weight excluding hydrogens is 371 g/mol. The molecule has 0 saturated heterocycles. The van der Waals surface area contributed by atoms with Crippen LogP contribution >= 0.6 is 38.5 Å². The molecule has 1 rings (SSSR count). The molecule has 0 aromatic carbocycles. The van der Waals surface area contributed by atoms with Crippen LogP contribution in [-0.4, -0.2) is 12.1 Å². The molecule has 0 unspecified atom stereocenters. The third-order valence-electron chi connectivity index (χ3n) is 1.66. The topological polar surface area (TPSA) is 22.1 Å². The first-order valence-corrected chi connectivity index (χ1v) is 5.87. The average Bonchev–Trinajstić information content (AvgIpc) is 2.16. The van der Waals surface area contributed by atoms with Crippen molar-refractivity contribution in [2.75, 3.05) is 7.11 Å². The Kier molecular flexibility index (Phi) is 4.49. The lowest BCUT2D eigenvalue weighted by Gasteiger charge is -2.11. The van der Waals surface area contributed by atoms with Crippen LogP contribution in [0.4, 0.5) is 8.78 Å². The number of halogens is 4. The van der Waals surface area contributed by atoms with Crippen molar-refractivity contribution < 1.29 is 13.5 Å². The van der Waals surface area contributed by atoms with Gasteiger partial charge in [-0.1, -0.05) is 15.9 Å². The number of nitrogens with zero attached hydrogens (tertiary/aromatic N) is 1. The lowest BCUT2D eigenvalue weighted by atomic mass is 10.2. The van der Waals surface area contributed by atoms with Gasteiger partial charge in [0.15, 0.2) is 5.75 Å². The van der Waals surface area contributed by atoms with E-state index in [1.165, 1.54) is 13.3 Å². The number of alkyl halides is 3. The highest BCUT2D eigenvalue weighted by Gasteiger charge is 2.20. The number of hydrogen-bond donors (Lipinski definition) is 0. The molecule has 0 saturated carbocycles. The van der Waals surface area contributed by atoms with Crippen molar-refractivity contribution in [3.05, 3.63) is 21.0 Å². The van der Waals surface area contributed by atoms with Gasteiger partial charge < -0.3 is 4.74 Å². The van der Waals surface area contributed by atoms with Crippen molar-refractivity contribution in [1.82, 2.24) is 4.98 Å².